The molecule has 17 heavy (non-hydrogen) atoms. The Kier molecular flexibility index (Phi) is 3.90. The van der Waals surface area contributed by atoms with Gasteiger partial charge in [0.05, 0.1) is 5.69 Å². The molecule has 0 spiro atoms. The molecule has 0 fully saturated rings. The smallest absolute Gasteiger partial charge is 0.425 e. The van der Waals surface area contributed by atoms with Crippen molar-refractivity contribution in [2.24, 2.45) is 0 Å². The minimum atomic E-state index is -4.42. The first-order valence-corrected chi connectivity index (χ1v) is 5.33. The second-order valence-corrected chi connectivity index (χ2v) is 3.83. The lowest BCUT2D eigenvalue weighted by atomic mass is 10.3. The van der Waals surface area contributed by atoms with E-state index < -0.39 is 12.3 Å². The van der Waals surface area contributed by atoms with Gasteiger partial charge in [-0.2, -0.15) is 18.3 Å². The lowest BCUT2D eigenvalue weighted by molar-refractivity contribution is -0.190. The van der Waals surface area contributed by atoms with Crippen LogP contribution in [0.2, 0.25) is 0 Å². The average molecular weight is 251 g/mol. The molecule has 1 aromatic heterocycles. The monoisotopic (exact) mass is 251 g/mol. The molecule has 4 nitrogen and oxygen atoms in total. The number of nitrogens with zero attached hydrogens (tertiary/aromatic N) is 2. The number of rotatable bonds is 4. The van der Waals surface area contributed by atoms with Gasteiger partial charge in [-0.15, -0.1) is 0 Å². The predicted octanol–water partition coefficient (Wildman–Crippen LogP) is 2.51. The molecule has 0 saturated carbocycles. The molecule has 0 radical (unpaired) electrons. The summed E-state index contributed by atoms with van der Waals surface area (Å²) in [7, 11) is 0. The number of hydrogen-bond acceptors (Lipinski definition) is 3. The van der Waals surface area contributed by atoms with Gasteiger partial charge < -0.3 is 10.5 Å². The fraction of sp³-hybridized carbons (Fsp3) is 0.700. The van der Waals surface area contributed by atoms with E-state index in [0.29, 0.717) is 12.2 Å². The fourth-order valence-corrected chi connectivity index (χ4v) is 1.30. The molecule has 0 aliphatic rings. The average Bonchev–Trinajstić information content (AvgIpc) is 2.45. The Morgan fingerprint density at radius 1 is 1.47 bits per heavy atom. The van der Waals surface area contributed by atoms with Crippen LogP contribution in [0, 0.1) is 6.92 Å². The van der Waals surface area contributed by atoms with E-state index in [4.69, 9.17) is 10.5 Å². The molecule has 1 heterocycles. The number of nitrogen functional groups attached to an aromatic ring is 1. The third kappa shape index (κ3) is 3.04. The Morgan fingerprint density at radius 3 is 2.53 bits per heavy atom. The van der Waals surface area contributed by atoms with Crippen molar-refractivity contribution in [3.8, 4) is 5.88 Å². The molecule has 2 N–H and O–H groups in total. The summed E-state index contributed by atoms with van der Waals surface area (Å²) in [5.41, 5.74) is 6.29. The van der Waals surface area contributed by atoms with Crippen molar-refractivity contribution in [2.45, 2.75) is 46.0 Å². The SMILES string of the molecule is CCCn1nc(C)c(N)c1OC(C)C(F)(F)F. The number of hydrogen-bond donors (Lipinski definition) is 1. The highest BCUT2D eigenvalue weighted by Gasteiger charge is 2.39. The van der Waals surface area contributed by atoms with Gasteiger partial charge in [-0.25, -0.2) is 4.68 Å². The van der Waals surface area contributed by atoms with Crippen molar-refractivity contribution in [1.29, 1.82) is 0 Å². The molecule has 98 valence electrons. The standard InChI is InChI=1S/C10H16F3N3O/c1-4-5-16-9(8(14)6(2)15-16)17-7(3)10(11,12)13/h7H,4-5,14H2,1-3H3. The summed E-state index contributed by atoms with van der Waals surface area (Å²) in [5, 5.41) is 4.03. The third-order valence-electron chi connectivity index (χ3n) is 2.31. The summed E-state index contributed by atoms with van der Waals surface area (Å²) in [5.74, 6) is -0.00539. The molecular weight excluding hydrogens is 235 g/mol. The third-order valence-corrected chi connectivity index (χ3v) is 2.31. The molecule has 0 saturated heterocycles. The molecule has 1 unspecified atom stereocenters. The van der Waals surface area contributed by atoms with Crippen LogP contribution in [0.1, 0.15) is 26.0 Å². The summed E-state index contributed by atoms with van der Waals surface area (Å²) in [6.45, 7) is 4.94. The Balaban J connectivity index is 2.96. The largest absolute Gasteiger partial charge is 0.464 e. The van der Waals surface area contributed by atoms with Crippen LogP contribution in [0.4, 0.5) is 18.9 Å². The summed E-state index contributed by atoms with van der Waals surface area (Å²) < 4.78 is 43.4. The van der Waals surface area contributed by atoms with Crippen LogP contribution in [0.3, 0.4) is 0 Å². The number of alkyl halides is 3. The summed E-state index contributed by atoms with van der Waals surface area (Å²) >= 11 is 0. The highest BCUT2D eigenvalue weighted by atomic mass is 19.4. The van der Waals surface area contributed by atoms with E-state index in [0.717, 1.165) is 13.3 Å². The van der Waals surface area contributed by atoms with E-state index in [1.54, 1.807) is 6.92 Å². The van der Waals surface area contributed by atoms with E-state index >= 15 is 0 Å². The second-order valence-electron chi connectivity index (χ2n) is 3.83. The zero-order valence-corrected chi connectivity index (χ0v) is 10.0. The van der Waals surface area contributed by atoms with Gasteiger partial charge in [0.1, 0.15) is 5.69 Å². The van der Waals surface area contributed by atoms with E-state index in [2.05, 4.69) is 5.10 Å². The number of halogens is 3. The highest BCUT2D eigenvalue weighted by Crippen LogP contribution is 2.30. The predicted molar refractivity (Wildman–Crippen MR) is 57.8 cm³/mol. The minimum Gasteiger partial charge on any atom is -0.464 e. The van der Waals surface area contributed by atoms with Crippen LogP contribution in [0.15, 0.2) is 0 Å². The maximum atomic E-state index is 12.4. The van der Waals surface area contributed by atoms with Gasteiger partial charge in [0, 0.05) is 6.54 Å². The second kappa shape index (κ2) is 4.85. The van der Waals surface area contributed by atoms with Crippen LogP contribution < -0.4 is 10.5 Å². The Hall–Kier alpha value is -1.40. The van der Waals surface area contributed by atoms with Gasteiger partial charge in [0.25, 0.3) is 0 Å². The van der Waals surface area contributed by atoms with Gasteiger partial charge in [-0.3, -0.25) is 0 Å². The molecule has 7 heteroatoms. The zero-order valence-electron chi connectivity index (χ0n) is 10.0. The molecule has 1 rings (SSSR count). The van der Waals surface area contributed by atoms with Crippen molar-refractivity contribution < 1.29 is 17.9 Å². The number of aryl methyl sites for hydroxylation is 2. The lowest BCUT2D eigenvalue weighted by Gasteiger charge is -2.18. The van der Waals surface area contributed by atoms with E-state index in [9.17, 15) is 13.2 Å². The molecule has 1 aromatic rings. The van der Waals surface area contributed by atoms with Crippen molar-refractivity contribution in [3.05, 3.63) is 5.69 Å². The molecule has 0 amide bonds. The van der Waals surface area contributed by atoms with Crippen LogP contribution in [0.25, 0.3) is 0 Å². The first-order chi connectivity index (χ1) is 7.77. The number of aromatic nitrogens is 2. The van der Waals surface area contributed by atoms with Crippen LogP contribution in [-0.4, -0.2) is 22.1 Å². The van der Waals surface area contributed by atoms with E-state index in [-0.39, 0.29) is 11.6 Å². The van der Waals surface area contributed by atoms with Gasteiger partial charge >= 0.3 is 6.18 Å². The maximum absolute atomic E-state index is 12.4. The van der Waals surface area contributed by atoms with Gasteiger partial charge in [0.2, 0.25) is 5.88 Å². The summed E-state index contributed by atoms with van der Waals surface area (Å²) in [6, 6.07) is 0. The lowest BCUT2D eigenvalue weighted by Crippen LogP contribution is -2.32. The Bertz CT molecular complexity index is 387. The molecule has 0 aromatic carbocycles. The van der Waals surface area contributed by atoms with Crippen molar-refractivity contribution in [1.82, 2.24) is 9.78 Å². The molecule has 0 bridgehead atoms. The van der Waals surface area contributed by atoms with Crippen molar-refractivity contribution >= 4 is 5.69 Å². The number of nitrogens with two attached hydrogens (primary N) is 1. The quantitative estimate of drug-likeness (QED) is 0.894. The van der Waals surface area contributed by atoms with Crippen molar-refractivity contribution in [3.63, 3.8) is 0 Å². The molecule has 0 aliphatic carbocycles. The van der Waals surface area contributed by atoms with Crippen LogP contribution in [0.5, 0.6) is 5.88 Å². The van der Waals surface area contributed by atoms with Gasteiger partial charge in [-0.05, 0) is 20.3 Å². The van der Waals surface area contributed by atoms with E-state index in [1.807, 2.05) is 6.92 Å². The summed E-state index contributed by atoms with van der Waals surface area (Å²) in [4.78, 5) is 0. The highest BCUT2D eigenvalue weighted by molar-refractivity contribution is 5.52. The van der Waals surface area contributed by atoms with Crippen LogP contribution in [-0.2, 0) is 6.54 Å². The molecule has 1 atom stereocenters. The molecular formula is C10H16F3N3O. The van der Waals surface area contributed by atoms with Gasteiger partial charge in [0.15, 0.2) is 6.10 Å². The topological polar surface area (TPSA) is 53.1 Å². The normalized spacial score (nSPS) is 13.8. The maximum Gasteiger partial charge on any atom is 0.425 e. The Morgan fingerprint density at radius 2 is 2.06 bits per heavy atom. The van der Waals surface area contributed by atoms with Gasteiger partial charge in [-0.1, -0.05) is 6.92 Å². The number of ether oxygens (including phenoxy) is 1. The van der Waals surface area contributed by atoms with Crippen molar-refractivity contribution in [2.75, 3.05) is 5.73 Å². The van der Waals surface area contributed by atoms with Crippen LogP contribution >= 0.6 is 0 Å². The first-order valence-electron chi connectivity index (χ1n) is 5.33. The number of anilines is 1. The Labute approximate surface area is 97.5 Å². The fourth-order valence-electron chi connectivity index (χ4n) is 1.30. The van der Waals surface area contributed by atoms with E-state index in [1.165, 1.54) is 4.68 Å². The molecule has 0 aliphatic heterocycles. The minimum absolute atomic E-state index is 0.00539. The summed E-state index contributed by atoms with van der Waals surface area (Å²) in [6.07, 6.45) is -5.59. The zero-order chi connectivity index (χ0) is 13.2. The first kappa shape index (κ1) is 13.7.